The molecule has 2 heterocycles. The summed E-state index contributed by atoms with van der Waals surface area (Å²) in [5.41, 5.74) is 7.31. The lowest BCUT2D eigenvalue weighted by Gasteiger charge is -2.24. The minimum absolute atomic E-state index is 0.0551. The minimum atomic E-state index is -0.308. The lowest BCUT2D eigenvalue weighted by atomic mass is 9.87. The highest BCUT2D eigenvalue weighted by Crippen LogP contribution is 2.36. The molecule has 0 atom stereocenters. The van der Waals surface area contributed by atoms with Crippen LogP contribution in [0.1, 0.15) is 75.9 Å². The fourth-order valence-electron chi connectivity index (χ4n) is 2.86. The highest BCUT2D eigenvalue weighted by atomic mass is 32.1. The summed E-state index contributed by atoms with van der Waals surface area (Å²) in [6, 6.07) is 0. The molecule has 120 valence electrons. The van der Waals surface area contributed by atoms with Crippen LogP contribution in [0.5, 0.6) is 0 Å². The first kappa shape index (κ1) is 16.9. The van der Waals surface area contributed by atoms with Crippen LogP contribution < -0.4 is 5.73 Å². The molecule has 0 spiro atoms. The summed E-state index contributed by atoms with van der Waals surface area (Å²) in [5, 5.41) is 1.23. The van der Waals surface area contributed by atoms with Gasteiger partial charge in [-0.05, 0) is 39.8 Å². The van der Waals surface area contributed by atoms with Crippen molar-refractivity contribution < 1.29 is 0 Å². The second-order valence-corrected chi connectivity index (χ2v) is 9.03. The molecule has 0 amide bonds. The standard InChI is InChI=1S/C17H31N3S/c1-16(2,3)14-15(17(4,5)18)21-13(19-14)12-20-10-8-6-7-9-11-20/h6-12,18H2,1-5H3. The molecule has 0 aliphatic carbocycles. The van der Waals surface area contributed by atoms with Crippen molar-refractivity contribution in [2.45, 2.75) is 77.8 Å². The van der Waals surface area contributed by atoms with Gasteiger partial charge in [0, 0.05) is 15.8 Å². The third kappa shape index (κ3) is 4.51. The third-order valence-electron chi connectivity index (χ3n) is 4.02. The van der Waals surface area contributed by atoms with Crippen molar-refractivity contribution >= 4 is 11.3 Å². The van der Waals surface area contributed by atoms with Gasteiger partial charge in [-0.1, -0.05) is 33.6 Å². The minimum Gasteiger partial charge on any atom is -0.321 e. The van der Waals surface area contributed by atoms with Gasteiger partial charge in [-0.15, -0.1) is 11.3 Å². The summed E-state index contributed by atoms with van der Waals surface area (Å²) in [4.78, 5) is 8.78. The average molecular weight is 310 g/mol. The first-order chi connectivity index (χ1) is 9.68. The highest BCUT2D eigenvalue weighted by molar-refractivity contribution is 7.11. The topological polar surface area (TPSA) is 42.2 Å². The molecule has 2 N–H and O–H groups in total. The molecule has 0 radical (unpaired) electrons. The molecule has 3 nitrogen and oxygen atoms in total. The number of hydrogen-bond acceptors (Lipinski definition) is 4. The Kier molecular flexibility index (Phi) is 5.11. The van der Waals surface area contributed by atoms with E-state index in [1.54, 1.807) is 0 Å². The van der Waals surface area contributed by atoms with Crippen LogP contribution in [0.3, 0.4) is 0 Å². The maximum absolute atomic E-state index is 6.38. The number of hydrogen-bond donors (Lipinski definition) is 1. The summed E-state index contributed by atoms with van der Waals surface area (Å²) in [6.07, 6.45) is 5.41. The lowest BCUT2D eigenvalue weighted by molar-refractivity contribution is 0.276. The third-order valence-corrected chi connectivity index (χ3v) is 5.40. The maximum Gasteiger partial charge on any atom is 0.107 e. The Balaban J connectivity index is 2.22. The van der Waals surface area contributed by atoms with E-state index in [4.69, 9.17) is 10.7 Å². The molecule has 21 heavy (non-hydrogen) atoms. The summed E-state index contributed by atoms with van der Waals surface area (Å²) >= 11 is 1.82. The van der Waals surface area contributed by atoms with E-state index in [9.17, 15) is 0 Å². The van der Waals surface area contributed by atoms with E-state index in [2.05, 4.69) is 39.5 Å². The molecule has 2 rings (SSSR count). The van der Waals surface area contributed by atoms with Gasteiger partial charge < -0.3 is 5.73 Å². The Morgan fingerprint density at radius 3 is 2.05 bits per heavy atom. The van der Waals surface area contributed by atoms with Crippen LogP contribution in [-0.4, -0.2) is 23.0 Å². The molecule has 0 aromatic carbocycles. The Bertz CT molecular complexity index is 426. The summed E-state index contributed by atoms with van der Waals surface area (Å²) in [5.74, 6) is 0. The van der Waals surface area contributed by atoms with Crippen molar-refractivity contribution in [3.8, 4) is 0 Å². The summed E-state index contributed by atoms with van der Waals surface area (Å²) in [7, 11) is 0. The molecule has 1 aromatic heterocycles. The first-order valence-electron chi connectivity index (χ1n) is 8.20. The van der Waals surface area contributed by atoms with E-state index >= 15 is 0 Å². The molecule has 1 saturated heterocycles. The molecule has 4 heteroatoms. The predicted molar refractivity (Wildman–Crippen MR) is 91.8 cm³/mol. The zero-order valence-corrected chi connectivity index (χ0v) is 15.1. The molecule has 0 saturated carbocycles. The van der Waals surface area contributed by atoms with Crippen LogP contribution in [0.4, 0.5) is 0 Å². The van der Waals surface area contributed by atoms with E-state index < -0.39 is 0 Å². The number of likely N-dealkylation sites (tertiary alicyclic amines) is 1. The van der Waals surface area contributed by atoms with E-state index in [0.29, 0.717) is 0 Å². The summed E-state index contributed by atoms with van der Waals surface area (Å²) < 4.78 is 0. The molecule has 0 bridgehead atoms. The van der Waals surface area contributed by atoms with E-state index in [1.807, 2.05) is 11.3 Å². The van der Waals surface area contributed by atoms with Gasteiger partial charge in [0.15, 0.2) is 0 Å². The molecular formula is C17H31N3S. The lowest BCUT2D eigenvalue weighted by Crippen LogP contribution is -2.31. The van der Waals surface area contributed by atoms with Gasteiger partial charge in [0.25, 0.3) is 0 Å². The van der Waals surface area contributed by atoms with Crippen molar-refractivity contribution in [3.05, 3.63) is 15.6 Å². The van der Waals surface area contributed by atoms with Crippen LogP contribution in [0, 0.1) is 0 Å². The van der Waals surface area contributed by atoms with Gasteiger partial charge in [-0.2, -0.15) is 0 Å². The van der Waals surface area contributed by atoms with Crippen molar-refractivity contribution in [1.82, 2.24) is 9.88 Å². The van der Waals surface area contributed by atoms with Crippen molar-refractivity contribution in [3.63, 3.8) is 0 Å². The van der Waals surface area contributed by atoms with Crippen LogP contribution in [0.2, 0.25) is 0 Å². The van der Waals surface area contributed by atoms with Gasteiger partial charge in [-0.25, -0.2) is 4.98 Å². The number of nitrogens with zero attached hydrogens (tertiary/aromatic N) is 2. The van der Waals surface area contributed by atoms with E-state index in [1.165, 1.54) is 54.4 Å². The molecule has 1 aliphatic heterocycles. The second kappa shape index (κ2) is 6.35. The number of aromatic nitrogens is 1. The largest absolute Gasteiger partial charge is 0.321 e. The Labute approximate surface area is 133 Å². The normalized spacial score (nSPS) is 18.8. The number of thiazole rings is 1. The van der Waals surface area contributed by atoms with E-state index in [-0.39, 0.29) is 11.0 Å². The fraction of sp³-hybridized carbons (Fsp3) is 0.824. The zero-order chi connectivity index (χ0) is 15.7. The highest BCUT2D eigenvalue weighted by Gasteiger charge is 2.30. The van der Waals surface area contributed by atoms with Crippen LogP contribution >= 0.6 is 11.3 Å². The molecule has 0 unspecified atom stereocenters. The van der Waals surface area contributed by atoms with E-state index in [0.717, 1.165) is 6.54 Å². The van der Waals surface area contributed by atoms with Crippen molar-refractivity contribution in [1.29, 1.82) is 0 Å². The van der Waals surface area contributed by atoms with Gasteiger partial charge in [0.2, 0.25) is 0 Å². The Morgan fingerprint density at radius 1 is 1.05 bits per heavy atom. The molecule has 1 aliphatic rings. The number of nitrogens with two attached hydrogens (primary N) is 1. The van der Waals surface area contributed by atoms with Gasteiger partial charge in [0.1, 0.15) is 5.01 Å². The van der Waals surface area contributed by atoms with Gasteiger partial charge >= 0.3 is 0 Å². The Hall–Kier alpha value is -0.450. The quantitative estimate of drug-likeness (QED) is 0.917. The molecule has 1 fully saturated rings. The van der Waals surface area contributed by atoms with Crippen LogP contribution in [0.15, 0.2) is 0 Å². The maximum atomic E-state index is 6.38. The fourth-order valence-corrected chi connectivity index (χ4v) is 4.19. The smallest absolute Gasteiger partial charge is 0.107 e. The zero-order valence-electron chi connectivity index (χ0n) is 14.3. The van der Waals surface area contributed by atoms with Crippen molar-refractivity contribution in [2.24, 2.45) is 5.73 Å². The molecule has 1 aromatic rings. The van der Waals surface area contributed by atoms with Gasteiger partial charge in [0.05, 0.1) is 12.2 Å². The first-order valence-corrected chi connectivity index (χ1v) is 9.01. The van der Waals surface area contributed by atoms with Crippen LogP contribution in [0.25, 0.3) is 0 Å². The van der Waals surface area contributed by atoms with Gasteiger partial charge in [-0.3, -0.25) is 4.90 Å². The van der Waals surface area contributed by atoms with Crippen LogP contribution in [-0.2, 0) is 17.5 Å². The second-order valence-electron chi connectivity index (χ2n) is 7.95. The SMILES string of the molecule is CC(C)(C)c1nc(CN2CCCCCC2)sc1C(C)(C)N. The number of rotatable bonds is 3. The predicted octanol–water partition coefficient (Wildman–Crippen LogP) is 4.01. The summed E-state index contributed by atoms with van der Waals surface area (Å²) in [6.45, 7) is 14.3. The average Bonchev–Trinajstić information content (AvgIpc) is 2.61. The van der Waals surface area contributed by atoms with Crippen molar-refractivity contribution in [2.75, 3.05) is 13.1 Å². The Morgan fingerprint density at radius 2 is 1.62 bits per heavy atom. The monoisotopic (exact) mass is 309 g/mol. The molecular weight excluding hydrogens is 278 g/mol.